The van der Waals surface area contributed by atoms with Gasteiger partial charge in [0.15, 0.2) is 0 Å². The molecule has 234 valence electrons. The Morgan fingerprint density at radius 2 is 1.49 bits per heavy atom. The number of hydrogen-bond donors (Lipinski definition) is 3. The number of fused-ring (bicyclic) bond motifs is 1. The molecule has 2 fully saturated rings. The zero-order valence-electron chi connectivity index (χ0n) is 22.6. The lowest BCUT2D eigenvalue weighted by molar-refractivity contribution is -0.905. The van der Waals surface area contributed by atoms with E-state index < -0.39 is 30.2 Å². The van der Waals surface area contributed by atoms with E-state index in [1.807, 2.05) is 23.0 Å². The third kappa shape index (κ3) is 9.15. The minimum Gasteiger partial charge on any atom is -0.542 e. The number of primary amides is 1. The quantitative estimate of drug-likeness (QED) is 0.314. The van der Waals surface area contributed by atoms with E-state index in [2.05, 4.69) is 34.7 Å². The molecule has 2 aliphatic heterocycles. The Morgan fingerprint density at radius 3 is 2.00 bits per heavy atom. The highest BCUT2D eigenvalue weighted by Gasteiger charge is 2.43. The first-order chi connectivity index (χ1) is 20.0. The van der Waals surface area contributed by atoms with Crippen LogP contribution in [0.1, 0.15) is 35.2 Å². The molecule has 2 aliphatic rings. The molecule has 0 bridgehead atoms. The summed E-state index contributed by atoms with van der Waals surface area (Å²) in [6, 6.07) is 14.2. The maximum Gasteiger partial charge on any atom is 0.430 e. The molecule has 2 aromatic carbocycles. The fourth-order valence-electron chi connectivity index (χ4n) is 5.24. The number of carbonyl (C=O) groups excluding carboxylic acids is 3. The van der Waals surface area contributed by atoms with Gasteiger partial charge in [-0.2, -0.15) is 31.4 Å². The van der Waals surface area contributed by atoms with Crippen molar-refractivity contribution < 1.29 is 61.2 Å². The van der Waals surface area contributed by atoms with Crippen molar-refractivity contribution in [3.8, 4) is 5.69 Å². The summed E-state index contributed by atoms with van der Waals surface area (Å²) in [4.78, 5) is 30.9. The van der Waals surface area contributed by atoms with Crippen molar-refractivity contribution in [2.75, 3.05) is 26.2 Å². The highest BCUT2D eigenvalue weighted by atomic mass is 19.4. The maximum absolute atomic E-state index is 11.7. The predicted molar refractivity (Wildman–Crippen MR) is 134 cm³/mol. The number of alkyl halides is 6. The number of benzene rings is 2. The highest BCUT2D eigenvalue weighted by molar-refractivity contribution is 6.04. The molecule has 0 radical (unpaired) electrons. The Labute approximate surface area is 241 Å². The highest BCUT2D eigenvalue weighted by Crippen LogP contribution is 2.31. The lowest BCUT2D eigenvalue weighted by Gasteiger charge is -2.29. The number of likely N-dealkylation sites (tertiary alicyclic amines) is 1. The third-order valence-corrected chi connectivity index (χ3v) is 7.31. The second-order valence-electron chi connectivity index (χ2n) is 10.4. The zero-order chi connectivity index (χ0) is 32.0. The third-order valence-electron chi connectivity index (χ3n) is 7.31. The van der Waals surface area contributed by atoms with Crippen molar-refractivity contribution in [2.24, 2.45) is 11.1 Å². The van der Waals surface area contributed by atoms with Crippen LogP contribution >= 0.6 is 0 Å². The molecule has 43 heavy (non-hydrogen) atoms. The van der Waals surface area contributed by atoms with Crippen LogP contribution in [0.5, 0.6) is 0 Å². The monoisotopic (exact) mass is 617 g/mol. The molecule has 3 heterocycles. The van der Waals surface area contributed by atoms with Crippen LogP contribution in [0.15, 0.2) is 48.7 Å². The van der Waals surface area contributed by atoms with E-state index in [9.17, 15) is 31.1 Å². The van der Waals surface area contributed by atoms with Crippen LogP contribution in [0, 0.1) is 5.41 Å². The lowest BCUT2D eigenvalue weighted by atomic mass is 9.78. The molecule has 2 saturated heterocycles. The summed E-state index contributed by atoms with van der Waals surface area (Å²) >= 11 is 0. The predicted octanol–water partition coefficient (Wildman–Crippen LogP) is -1.15. The van der Waals surface area contributed by atoms with E-state index in [4.69, 9.17) is 25.5 Å². The number of aliphatic carboxylic acids is 2. The molecule has 5 N–H and O–H groups in total. The molecular formula is C27H29F6N5O5. The van der Waals surface area contributed by atoms with Crippen molar-refractivity contribution >= 4 is 28.7 Å². The molecule has 1 aromatic heterocycles. The fraction of sp³-hybridized carbons (Fsp3) is 0.407. The van der Waals surface area contributed by atoms with Gasteiger partial charge in [-0.05, 0) is 18.2 Å². The molecule has 1 spiro atoms. The van der Waals surface area contributed by atoms with Gasteiger partial charge in [0.25, 0.3) is 5.91 Å². The van der Waals surface area contributed by atoms with Crippen LogP contribution in [0.3, 0.4) is 0 Å². The van der Waals surface area contributed by atoms with Gasteiger partial charge in [0.05, 0.1) is 37.4 Å². The summed E-state index contributed by atoms with van der Waals surface area (Å²) in [6.45, 7) is 6.32. The topological polar surface area (TPSA) is 162 Å². The number of carboxylic acids is 2. The van der Waals surface area contributed by atoms with Gasteiger partial charge in [-0.3, -0.25) is 4.79 Å². The molecule has 16 heteroatoms. The number of piperidine rings is 1. The second-order valence-corrected chi connectivity index (χ2v) is 10.4. The summed E-state index contributed by atoms with van der Waals surface area (Å²) in [6.07, 6.45) is -4.28. The Balaban J connectivity index is 0.000000303. The Bertz CT molecular complexity index is 1410. The summed E-state index contributed by atoms with van der Waals surface area (Å²) < 4.78 is 64.9. The number of nitrogens with one attached hydrogen (secondary N) is 1. The average molecular weight is 618 g/mol. The van der Waals surface area contributed by atoms with E-state index in [1.54, 1.807) is 11.0 Å². The normalized spacial score (nSPS) is 17.9. The number of carbonyl (C=O) groups is 3. The molecule has 5 rings (SSSR count). The largest absolute Gasteiger partial charge is 0.542 e. The number of nitrogens with two attached hydrogens (primary N) is 2. The van der Waals surface area contributed by atoms with E-state index >= 15 is 0 Å². The molecule has 3 aromatic rings. The first-order valence-electron chi connectivity index (χ1n) is 13.1. The van der Waals surface area contributed by atoms with Gasteiger partial charge in [0.2, 0.25) is 0 Å². The molecule has 0 aliphatic carbocycles. The fourth-order valence-corrected chi connectivity index (χ4v) is 5.24. The lowest BCUT2D eigenvalue weighted by Crippen LogP contribution is -3.09. The summed E-state index contributed by atoms with van der Waals surface area (Å²) in [5.74, 6) is -6.46. The van der Waals surface area contributed by atoms with Crippen LogP contribution < -0.4 is 26.2 Å². The van der Waals surface area contributed by atoms with Crippen LogP contribution in [-0.2, 0) is 16.1 Å². The van der Waals surface area contributed by atoms with Crippen molar-refractivity contribution in [3.63, 3.8) is 0 Å². The van der Waals surface area contributed by atoms with Gasteiger partial charge >= 0.3 is 12.4 Å². The molecule has 10 nitrogen and oxygen atoms in total. The van der Waals surface area contributed by atoms with Crippen molar-refractivity contribution in [1.82, 2.24) is 9.78 Å². The molecule has 0 saturated carbocycles. The van der Waals surface area contributed by atoms with Crippen LogP contribution in [0.25, 0.3) is 16.6 Å². The van der Waals surface area contributed by atoms with Crippen molar-refractivity contribution in [3.05, 3.63) is 59.8 Å². The van der Waals surface area contributed by atoms with Gasteiger partial charge < -0.3 is 35.8 Å². The number of carboxylic acid groups (broad SMARTS) is 2. The van der Waals surface area contributed by atoms with Crippen LogP contribution in [0.2, 0.25) is 0 Å². The number of hydrogen-bond acceptors (Lipinski definition) is 6. The molecule has 1 atom stereocenters. The minimum absolute atomic E-state index is 0.446. The van der Waals surface area contributed by atoms with Crippen LogP contribution in [0.4, 0.5) is 26.3 Å². The molecular weight excluding hydrogens is 588 g/mol. The van der Waals surface area contributed by atoms with Crippen molar-refractivity contribution in [2.45, 2.75) is 38.2 Å². The number of rotatable bonds is 4. The molecule has 1 unspecified atom stereocenters. The smallest absolute Gasteiger partial charge is 0.430 e. The molecule has 1 amide bonds. The van der Waals surface area contributed by atoms with Gasteiger partial charge in [-0.25, -0.2) is 4.68 Å². The van der Waals surface area contributed by atoms with Gasteiger partial charge in [-0.1, -0.05) is 24.3 Å². The Morgan fingerprint density at radius 1 is 0.930 bits per heavy atom. The number of nitrogens with zero attached hydrogens (tertiary/aromatic N) is 2. The zero-order valence-corrected chi connectivity index (χ0v) is 22.6. The van der Waals surface area contributed by atoms with Gasteiger partial charge in [0, 0.05) is 41.8 Å². The Kier molecular flexibility index (Phi) is 10.4. The summed E-state index contributed by atoms with van der Waals surface area (Å²) in [5.41, 5.74) is 9.58. The average Bonchev–Trinajstić information content (AvgIpc) is 3.53. The Hall–Kier alpha value is -4.18. The van der Waals surface area contributed by atoms with E-state index in [0.717, 1.165) is 17.6 Å². The van der Waals surface area contributed by atoms with E-state index in [0.29, 0.717) is 16.5 Å². The van der Waals surface area contributed by atoms with E-state index in [1.165, 1.54) is 51.0 Å². The number of halogens is 6. The van der Waals surface area contributed by atoms with E-state index in [-0.39, 0.29) is 0 Å². The maximum atomic E-state index is 11.7. The van der Waals surface area contributed by atoms with Crippen LogP contribution in [-0.4, -0.2) is 66.2 Å². The number of aromatic nitrogens is 2. The number of quaternary nitrogens is 2. The second kappa shape index (κ2) is 13.4. The number of amides is 1. The summed E-state index contributed by atoms with van der Waals surface area (Å²) in [5, 5.41) is 25.6. The van der Waals surface area contributed by atoms with Gasteiger partial charge in [-0.15, -0.1) is 0 Å². The summed E-state index contributed by atoms with van der Waals surface area (Å²) in [7, 11) is 0. The minimum atomic E-state index is -5.19. The first-order valence-corrected chi connectivity index (χ1v) is 13.1. The standard InChI is InChI=1S/C23H27N5O.2C2HF3O2/c24-22(29)20-3-1-2-18-15-28(26-21(18)20)19-6-4-17(5-7-19)14-27-13-10-23(16-27)8-11-25-12-9-23;2*3-2(4,5)1(6)7/h1-7,15,25H,8-14,16H2,(H2,24,29);2*(H,6,7). The first kappa shape index (κ1) is 33.3. The van der Waals surface area contributed by atoms with Crippen molar-refractivity contribution in [1.29, 1.82) is 0 Å². The van der Waals surface area contributed by atoms with Gasteiger partial charge in [0.1, 0.15) is 24.0 Å². The SMILES string of the molecule is NC(=O)c1cccc2cn(-c3ccc(C[NH+]4CCC5(CC[NH2+]CC5)C4)cc3)nc12.O=C([O-])C(F)(F)F.O=C([O-])C(F)(F)F.